The Kier molecular flexibility index (Phi) is 8.41. The number of nitrogens with zero attached hydrogens (tertiary/aromatic N) is 2. The SMILES string of the molecule is CCOC(=O)c1ccc(-n2c(-c3ccccc3)cc(/C=C3/C(=O)NC(=O)N(c4ccc(C56CC7CC(CC(C7)C5)C6)cc4)C3=O)c2-c2ccccc2)cc1. The number of carbonyl (C=O) groups is 4. The monoisotopic (exact) mass is 715 g/mol. The van der Waals surface area contributed by atoms with Crippen molar-refractivity contribution in [2.24, 2.45) is 17.8 Å². The first-order valence-corrected chi connectivity index (χ1v) is 19.0. The second-order valence-corrected chi connectivity index (χ2v) is 15.4. The molecule has 5 aromatic rings. The maximum Gasteiger partial charge on any atom is 0.338 e. The number of rotatable bonds is 8. The molecule has 2 heterocycles. The molecule has 4 aliphatic carbocycles. The average molecular weight is 716 g/mol. The highest BCUT2D eigenvalue weighted by Gasteiger charge is 2.51. The zero-order valence-corrected chi connectivity index (χ0v) is 30.2. The summed E-state index contributed by atoms with van der Waals surface area (Å²) in [7, 11) is 0. The lowest BCUT2D eigenvalue weighted by Crippen LogP contribution is -2.54. The molecular formula is C46H41N3O5. The molecular weight excluding hydrogens is 675 g/mol. The van der Waals surface area contributed by atoms with Crippen LogP contribution in [0.3, 0.4) is 0 Å². The van der Waals surface area contributed by atoms with E-state index >= 15 is 0 Å². The molecule has 0 spiro atoms. The van der Waals surface area contributed by atoms with E-state index in [1.807, 2.05) is 91.0 Å². The summed E-state index contributed by atoms with van der Waals surface area (Å²) in [6.07, 6.45) is 9.29. The zero-order chi connectivity index (χ0) is 37.0. The van der Waals surface area contributed by atoms with Gasteiger partial charge in [0.2, 0.25) is 0 Å². The summed E-state index contributed by atoms with van der Waals surface area (Å²) in [5.41, 5.74) is 6.85. The van der Waals surface area contributed by atoms with Gasteiger partial charge in [0.15, 0.2) is 0 Å². The molecule has 4 amide bonds. The molecule has 1 aromatic heterocycles. The summed E-state index contributed by atoms with van der Waals surface area (Å²) < 4.78 is 7.28. The molecule has 0 atom stereocenters. The summed E-state index contributed by atoms with van der Waals surface area (Å²) in [6.45, 7) is 2.04. The molecule has 5 fully saturated rings. The van der Waals surface area contributed by atoms with E-state index in [2.05, 4.69) is 22.0 Å². The van der Waals surface area contributed by atoms with Gasteiger partial charge in [-0.25, -0.2) is 14.5 Å². The Morgan fingerprint density at radius 2 is 1.33 bits per heavy atom. The fraction of sp³-hybridized carbons (Fsp3) is 0.261. The van der Waals surface area contributed by atoms with Crippen LogP contribution in [0.2, 0.25) is 0 Å². The van der Waals surface area contributed by atoms with E-state index < -0.39 is 23.8 Å². The molecule has 4 bridgehead atoms. The summed E-state index contributed by atoms with van der Waals surface area (Å²) in [6, 6.07) is 35.8. The van der Waals surface area contributed by atoms with Crippen molar-refractivity contribution in [3.8, 4) is 28.2 Å². The number of hydrogen-bond acceptors (Lipinski definition) is 5. The van der Waals surface area contributed by atoms with Gasteiger partial charge in [0, 0.05) is 11.3 Å². The van der Waals surface area contributed by atoms with Gasteiger partial charge in [-0.3, -0.25) is 14.9 Å². The maximum absolute atomic E-state index is 14.3. The van der Waals surface area contributed by atoms with Crippen molar-refractivity contribution in [2.45, 2.75) is 50.9 Å². The first-order valence-electron chi connectivity index (χ1n) is 19.0. The number of benzene rings is 4. The third-order valence-corrected chi connectivity index (χ3v) is 12.0. The number of anilines is 1. The Balaban J connectivity index is 1.13. The molecule has 0 radical (unpaired) electrons. The highest BCUT2D eigenvalue weighted by atomic mass is 16.5. The lowest BCUT2D eigenvalue weighted by atomic mass is 9.48. The summed E-state index contributed by atoms with van der Waals surface area (Å²) in [5.74, 6) is 0.552. The second kappa shape index (κ2) is 13.4. The molecule has 8 heteroatoms. The van der Waals surface area contributed by atoms with E-state index in [0.717, 1.165) is 50.9 Å². The number of imide groups is 2. The van der Waals surface area contributed by atoms with E-state index in [0.29, 0.717) is 16.8 Å². The number of carbonyl (C=O) groups excluding carboxylic acids is 4. The highest BCUT2D eigenvalue weighted by Crippen LogP contribution is 2.60. The van der Waals surface area contributed by atoms with Crippen LogP contribution in [0, 0.1) is 17.8 Å². The van der Waals surface area contributed by atoms with E-state index in [1.165, 1.54) is 44.1 Å². The Morgan fingerprint density at radius 1 is 0.759 bits per heavy atom. The third-order valence-electron chi connectivity index (χ3n) is 12.0. The van der Waals surface area contributed by atoms with E-state index in [4.69, 9.17) is 4.74 Å². The fourth-order valence-electron chi connectivity index (χ4n) is 10.1. The van der Waals surface area contributed by atoms with Crippen molar-refractivity contribution in [3.63, 3.8) is 0 Å². The van der Waals surface area contributed by atoms with E-state index in [9.17, 15) is 19.2 Å². The minimum absolute atomic E-state index is 0.147. The molecule has 1 aliphatic heterocycles. The normalized spacial score (nSPS) is 23.9. The molecule has 270 valence electrons. The van der Waals surface area contributed by atoms with Crippen molar-refractivity contribution >= 4 is 35.6 Å². The van der Waals surface area contributed by atoms with Crippen LogP contribution in [0.5, 0.6) is 0 Å². The van der Waals surface area contributed by atoms with Gasteiger partial charge < -0.3 is 9.30 Å². The lowest BCUT2D eigenvalue weighted by molar-refractivity contribution is -0.122. The van der Waals surface area contributed by atoms with Crippen molar-refractivity contribution in [2.75, 3.05) is 11.5 Å². The number of ether oxygens (including phenoxy) is 1. The second-order valence-electron chi connectivity index (χ2n) is 15.4. The lowest BCUT2D eigenvalue weighted by Gasteiger charge is -2.57. The largest absolute Gasteiger partial charge is 0.462 e. The van der Waals surface area contributed by atoms with Crippen LogP contribution in [0.1, 0.15) is 66.9 Å². The van der Waals surface area contributed by atoms with Crippen molar-refractivity contribution < 1.29 is 23.9 Å². The third kappa shape index (κ3) is 5.86. The van der Waals surface area contributed by atoms with Crippen LogP contribution in [-0.2, 0) is 19.7 Å². The molecule has 10 rings (SSSR count). The predicted octanol–water partition coefficient (Wildman–Crippen LogP) is 9.12. The fourth-order valence-corrected chi connectivity index (χ4v) is 10.1. The standard InChI is InChI=1S/C46H41N3O5/c1-2-54-44(52)34-13-17-37(18-14-34)48-40(32-9-5-3-6-10-32)25-35(41(48)33-11-7-4-8-12-33)24-39-42(50)47-45(53)49(43(39)51)38-19-15-36(16-20-38)46-26-29-21-30(27-46)23-31(22-29)28-46/h3-20,24-25,29-31H,2,21-23,26-28H2,1H3,(H,47,50,53)/b39-24-. The highest BCUT2D eigenvalue weighted by molar-refractivity contribution is 6.39. The smallest absolute Gasteiger partial charge is 0.338 e. The molecule has 5 aliphatic rings. The van der Waals surface area contributed by atoms with Crippen LogP contribution < -0.4 is 10.2 Å². The molecule has 54 heavy (non-hydrogen) atoms. The molecule has 4 aromatic carbocycles. The number of esters is 1. The van der Waals surface area contributed by atoms with Crippen molar-refractivity contribution in [3.05, 3.63) is 138 Å². The number of barbiturate groups is 1. The van der Waals surface area contributed by atoms with E-state index in [-0.39, 0.29) is 17.6 Å². The van der Waals surface area contributed by atoms with Crippen LogP contribution in [-0.4, -0.2) is 35.0 Å². The Morgan fingerprint density at radius 3 is 1.93 bits per heavy atom. The summed E-state index contributed by atoms with van der Waals surface area (Å²) >= 11 is 0. The van der Waals surface area contributed by atoms with Gasteiger partial charge in [-0.05, 0) is 134 Å². The zero-order valence-electron chi connectivity index (χ0n) is 30.2. The van der Waals surface area contributed by atoms with Gasteiger partial charge in [0.1, 0.15) is 5.57 Å². The quantitative estimate of drug-likeness (QED) is 0.0982. The van der Waals surface area contributed by atoms with Crippen molar-refractivity contribution in [1.82, 2.24) is 9.88 Å². The van der Waals surface area contributed by atoms with Crippen molar-refractivity contribution in [1.29, 1.82) is 0 Å². The topological polar surface area (TPSA) is 97.7 Å². The number of aromatic nitrogens is 1. The summed E-state index contributed by atoms with van der Waals surface area (Å²) in [5, 5.41) is 2.43. The van der Waals surface area contributed by atoms with Gasteiger partial charge in [-0.1, -0.05) is 72.8 Å². The van der Waals surface area contributed by atoms with Crippen LogP contribution in [0.15, 0.2) is 121 Å². The van der Waals surface area contributed by atoms with Gasteiger partial charge in [0.05, 0.1) is 29.2 Å². The number of hydrogen-bond donors (Lipinski definition) is 1. The maximum atomic E-state index is 14.3. The first-order chi connectivity index (χ1) is 26.3. The Bertz CT molecular complexity index is 2270. The van der Waals surface area contributed by atoms with E-state index in [1.54, 1.807) is 25.1 Å². The predicted molar refractivity (Wildman–Crippen MR) is 208 cm³/mol. The molecule has 1 saturated heterocycles. The summed E-state index contributed by atoms with van der Waals surface area (Å²) in [4.78, 5) is 54.8. The minimum atomic E-state index is -0.766. The molecule has 0 unspecified atom stereocenters. The van der Waals surface area contributed by atoms with Crippen LogP contribution in [0.25, 0.3) is 34.3 Å². The number of urea groups is 1. The Labute approximate surface area is 314 Å². The number of nitrogens with one attached hydrogen (secondary N) is 1. The van der Waals surface area contributed by atoms with Gasteiger partial charge in [-0.2, -0.15) is 0 Å². The molecule has 4 saturated carbocycles. The number of amides is 4. The van der Waals surface area contributed by atoms with Crippen LogP contribution >= 0.6 is 0 Å². The van der Waals surface area contributed by atoms with Gasteiger partial charge >= 0.3 is 12.0 Å². The minimum Gasteiger partial charge on any atom is -0.462 e. The first kappa shape index (κ1) is 33.8. The van der Waals surface area contributed by atoms with Crippen LogP contribution in [0.4, 0.5) is 10.5 Å². The average Bonchev–Trinajstić information content (AvgIpc) is 3.56. The Hall–Kier alpha value is -6.02. The van der Waals surface area contributed by atoms with Gasteiger partial charge in [0.25, 0.3) is 11.8 Å². The molecule has 8 nitrogen and oxygen atoms in total. The molecule has 1 N–H and O–H groups in total. The van der Waals surface area contributed by atoms with Gasteiger partial charge in [-0.15, -0.1) is 0 Å².